The number of anilines is 1. The second kappa shape index (κ2) is 11.1. The summed E-state index contributed by atoms with van der Waals surface area (Å²) in [6, 6.07) is 7.50. The van der Waals surface area contributed by atoms with Gasteiger partial charge in [-0.3, -0.25) is 9.59 Å². The number of hydrogen-bond donors (Lipinski definition) is 1. The third-order valence-electron chi connectivity index (χ3n) is 4.41. The highest BCUT2D eigenvalue weighted by atomic mass is 79.9. The first kappa shape index (κ1) is 23.8. The lowest BCUT2D eigenvalue weighted by Gasteiger charge is -2.18. The van der Waals surface area contributed by atoms with Gasteiger partial charge in [-0.25, -0.2) is 4.79 Å². The zero-order chi connectivity index (χ0) is 22.3. The van der Waals surface area contributed by atoms with Crippen molar-refractivity contribution in [2.75, 3.05) is 25.0 Å². The van der Waals surface area contributed by atoms with Crippen LogP contribution in [0, 0.1) is 6.92 Å². The van der Waals surface area contributed by atoms with E-state index >= 15 is 0 Å². The Morgan fingerprint density at radius 3 is 2.33 bits per heavy atom. The molecule has 1 aromatic heterocycles. The highest BCUT2D eigenvalue weighted by Gasteiger charge is 2.27. The molecule has 1 N–H and O–H groups in total. The fourth-order valence-corrected chi connectivity index (χ4v) is 4.24. The average Bonchev–Trinajstić information content (AvgIpc) is 3.04. The van der Waals surface area contributed by atoms with Crippen molar-refractivity contribution in [3.63, 3.8) is 0 Å². The summed E-state index contributed by atoms with van der Waals surface area (Å²) in [7, 11) is 0. The minimum absolute atomic E-state index is 0.168. The quantitative estimate of drug-likeness (QED) is 0.409. The van der Waals surface area contributed by atoms with Crippen molar-refractivity contribution in [2.24, 2.45) is 0 Å². The van der Waals surface area contributed by atoms with E-state index in [1.54, 1.807) is 24.8 Å². The molecular weight excluding hydrogens is 468 g/mol. The number of halogens is 1. The molecule has 0 atom stereocenters. The number of ether oxygens (including phenoxy) is 1. The number of nitrogens with zero attached hydrogens (tertiary/aromatic N) is 1. The summed E-state index contributed by atoms with van der Waals surface area (Å²) in [6.45, 7) is 8.51. The first-order valence-corrected chi connectivity index (χ1v) is 11.3. The van der Waals surface area contributed by atoms with Gasteiger partial charge in [0.1, 0.15) is 5.00 Å². The SMILES string of the molecule is CCOC(=O)c1c(NC(=O)C=Cc2ccc(Br)cc2)sc(C(=O)N(CC)CC)c1C. The zero-order valence-electron chi connectivity index (χ0n) is 17.5. The standard InChI is InChI=1S/C22H25BrN2O4S/c1-5-25(6-2)21(27)19-14(4)18(22(28)29-7-3)20(30-19)24-17(26)13-10-15-8-11-16(23)12-9-15/h8-13H,5-7H2,1-4H3,(H,24,26). The Labute approximate surface area is 189 Å². The number of amides is 2. The van der Waals surface area contributed by atoms with E-state index in [0.29, 0.717) is 28.5 Å². The summed E-state index contributed by atoms with van der Waals surface area (Å²) < 4.78 is 6.09. The van der Waals surface area contributed by atoms with Crippen LogP contribution in [-0.4, -0.2) is 42.4 Å². The highest BCUT2D eigenvalue weighted by molar-refractivity contribution is 9.10. The van der Waals surface area contributed by atoms with E-state index in [9.17, 15) is 14.4 Å². The van der Waals surface area contributed by atoms with Gasteiger partial charge in [-0.15, -0.1) is 11.3 Å². The number of carbonyl (C=O) groups is 3. The number of hydrogen-bond acceptors (Lipinski definition) is 5. The van der Waals surface area contributed by atoms with Crippen molar-refractivity contribution < 1.29 is 19.1 Å². The van der Waals surface area contributed by atoms with Gasteiger partial charge in [0.25, 0.3) is 5.91 Å². The van der Waals surface area contributed by atoms with Crippen molar-refractivity contribution in [1.82, 2.24) is 4.90 Å². The van der Waals surface area contributed by atoms with E-state index in [1.807, 2.05) is 38.1 Å². The fraction of sp³-hybridized carbons (Fsp3) is 0.318. The van der Waals surface area contributed by atoms with Gasteiger partial charge in [-0.2, -0.15) is 0 Å². The van der Waals surface area contributed by atoms with Crippen LogP contribution in [0.25, 0.3) is 6.08 Å². The lowest BCUT2D eigenvalue weighted by molar-refractivity contribution is -0.111. The molecule has 0 aliphatic rings. The molecule has 0 radical (unpaired) electrons. The van der Waals surface area contributed by atoms with Gasteiger partial charge in [0.15, 0.2) is 0 Å². The fourth-order valence-electron chi connectivity index (χ4n) is 2.81. The van der Waals surface area contributed by atoms with Gasteiger partial charge < -0.3 is 15.0 Å². The van der Waals surface area contributed by atoms with Crippen LogP contribution in [0.2, 0.25) is 0 Å². The van der Waals surface area contributed by atoms with Gasteiger partial charge >= 0.3 is 5.97 Å². The Morgan fingerprint density at radius 1 is 1.13 bits per heavy atom. The molecular formula is C22H25BrN2O4S. The molecule has 0 fully saturated rings. The lowest BCUT2D eigenvalue weighted by atomic mass is 10.1. The largest absolute Gasteiger partial charge is 0.462 e. The van der Waals surface area contributed by atoms with Crippen molar-refractivity contribution in [2.45, 2.75) is 27.7 Å². The third kappa shape index (κ3) is 5.79. The number of esters is 1. The van der Waals surface area contributed by atoms with Gasteiger partial charge in [0.2, 0.25) is 5.91 Å². The molecule has 0 saturated heterocycles. The summed E-state index contributed by atoms with van der Waals surface area (Å²) >= 11 is 4.46. The monoisotopic (exact) mass is 492 g/mol. The summed E-state index contributed by atoms with van der Waals surface area (Å²) in [5.74, 6) is -1.12. The van der Waals surface area contributed by atoms with E-state index in [2.05, 4.69) is 21.2 Å². The number of rotatable bonds is 8. The van der Waals surface area contributed by atoms with E-state index in [1.165, 1.54) is 6.08 Å². The molecule has 2 amide bonds. The second-order valence-electron chi connectivity index (χ2n) is 6.33. The van der Waals surface area contributed by atoms with Gasteiger partial charge in [0.05, 0.1) is 17.0 Å². The molecule has 0 spiro atoms. The maximum absolute atomic E-state index is 12.9. The van der Waals surface area contributed by atoms with Crippen LogP contribution in [-0.2, 0) is 9.53 Å². The van der Waals surface area contributed by atoms with Crippen LogP contribution in [0.4, 0.5) is 5.00 Å². The van der Waals surface area contributed by atoms with E-state index < -0.39 is 11.9 Å². The van der Waals surface area contributed by atoms with Gasteiger partial charge in [-0.1, -0.05) is 28.1 Å². The van der Waals surface area contributed by atoms with Crippen LogP contribution < -0.4 is 5.32 Å². The number of benzene rings is 1. The second-order valence-corrected chi connectivity index (χ2v) is 8.27. The van der Waals surface area contributed by atoms with Crippen LogP contribution in [0.1, 0.15) is 51.9 Å². The molecule has 0 bridgehead atoms. The summed E-state index contributed by atoms with van der Waals surface area (Å²) in [5, 5.41) is 3.05. The molecule has 0 unspecified atom stereocenters. The van der Waals surface area contributed by atoms with E-state index in [0.717, 1.165) is 21.4 Å². The predicted molar refractivity (Wildman–Crippen MR) is 124 cm³/mol. The molecule has 2 rings (SSSR count). The Bertz CT molecular complexity index is 947. The smallest absolute Gasteiger partial charge is 0.341 e. The molecule has 2 aromatic rings. The molecule has 6 nitrogen and oxygen atoms in total. The Balaban J connectivity index is 2.33. The lowest BCUT2D eigenvalue weighted by Crippen LogP contribution is -2.30. The van der Waals surface area contributed by atoms with Crippen LogP contribution in [0.3, 0.4) is 0 Å². The van der Waals surface area contributed by atoms with Crippen LogP contribution in [0.15, 0.2) is 34.8 Å². The Hall–Kier alpha value is -2.45. The number of thiophene rings is 1. The summed E-state index contributed by atoms with van der Waals surface area (Å²) in [5.41, 5.74) is 1.60. The highest BCUT2D eigenvalue weighted by Crippen LogP contribution is 2.34. The van der Waals surface area contributed by atoms with Gasteiger partial charge in [0, 0.05) is 23.6 Å². The van der Waals surface area contributed by atoms with Crippen molar-refractivity contribution >= 4 is 56.1 Å². The Kier molecular flexibility index (Phi) is 8.80. The number of nitrogens with one attached hydrogen (secondary N) is 1. The molecule has 1 aromatic carbocycles. The molecule has 30 heavy (non-hydrogen) atoms. The van der Waals surface area contributed by atoms with Crippen LogP contribution in [0.5, 0.6) is 0 Å². The minimum Gasteiger partial charge on any atom is -0.462 e. The normalized spacial score (nSPS) is 10.8. The molecule has 0 saturated carbocycles. The third-order valence-corrected chi connectivity index (χ3v) is 6.13. The summed E-state index contributed by atoms with van der Waals surface area (Å²) in [6.07, 6.45) is 3.06. The molecule has 1 heterocycles. The Morgan fingerprint density at radius 2 is 1.77 bits per heavy atom. The first-order valence-electron chi connectivity index (χ1n) is 9.66. The van der Waals surface area contributed by atoms with E-state index in [4.69, 9.17) is 4.74 Å². The van der Waals surface area contributed by atoms with E-state index in [-0.39, 0.29) is 18.1 Å². The van der Waals surface area contributed by atoms with Crippen molar-refractivity contribution in [1.29, 1.82) is 0 Å². The molecule has 8 heteroatoms. The molecule has 0 aliphatic carbocycles. The van der Waals surface area contributed by atoms with Crippen molar-refractivity contribution in [3.05, 3.63) is 56.4 Å². The topological polar surface area (TPSA) is 75.7 Å². The van der Waals surface area contributed by atoms with Crippen LogP contribution >= 0.6 is 27.3 Å². The minimum atomic E-state index is -0.558. The maximum atomic E-state index is 12.9. The first-order chi connectivity index (χ1) is 14.3. The average molecular weight is 493 g/mol. The maximum Gasteiger partial charge on any atom is 0.341 e. The predicted octanol–water partition coefficient (Wildman–Crippen LogP) is 5.13. The number of carbonyl (C=O) groups excluding carboxylic acids is 3. The molecule has 0 aliphatic heterocycles. The zero-order valence-corrected chi connectivity index (χ0v) is 19.9. The van der Waals surface area contributed by atoms with Crippen molar-refractivity contribution in [3.8, 4) is 0 Å². The molecule has 160 valence electrons. The van der Waals surface area contributed by atoms with Gasteiger partial charge in [-0.05, 0) is 57.0 Å². The summed E-state index contributed by atoms with van der Waals surface area (Å²) in [4.78, 5) is 39.9.